The van der Waals surface area contributed by atoms with Crippen molar-refractivity contribution >= 4 is 18.4 Å². The minimum Gasteiger partial charge on any atom is -0.477 e. The smallest absolute Gasteiger partial charge is 0.354 e. The quantitative estimate of drug-likeness (QED) is 0.674. The molecule has 1 aliphatic carbocycles. The third-order valence-corrected chi connectivity index (χ3v) is 1.99. The van der Waals surface area contributed by atoms with E-state index < -0.39 is 5.97 Å². The topological polar surface area (TPSA) is 62.0 Å². The molecule has 0 saturated heterocycles. The molecule has 0 spiro atoms. The van der Waals surface area contributed by atoms with Gasteiger partial charge in [0, 0.05) is 18.0 Å². The first-order chi connectivity index (χ1) is 6.79. The van der Waals surface area contributed by atoms with Crippen molar-refractivity contribution in [2.24, 2.45) is 9.98 Å². The van der Waals surface area contributed by atoms with E-state index in [4.69, 9.17) is 5.11 Å². The summed E-state index contributed by atoms with van der Waals surface area (Å²) in [6.45, 7) is 0. The fourth-order valence-corrected chi connectivity index (χ4v) is 1.37. The second-order valence-electron chi connectivity index (χ2n) is 2.87. The van der Waals surface area contributed by atoms with E-state index in [0.29, 0.717) is 17.7 Å². The molecular formula is C10H8N2O2. The van der Waals surface area contributed by atoms with E-state index in [1.54, 1.807) is 6.08 Å². The molecule has 1 heterocycles. The highest BCUT2D eigenvalue weighted by Gasteiger charge is 2.18. The van der Waals surface area contributed by atoms with Crippen LogP contribution in [0.25, 0.3) is 0 Å². The fourth-order valence-electron chi connectivity index (χ4n) is 1.37. The molecule has 4 nitrogen and oxygen atoms in total. The van der Waals surface area contributed by atoms with Crippen LogP contribution in [0.3, 0.4) is 0 Å². The summed E-state index contributed by atoms with van der Waals surface area (Å²) in [5, 5.41) is 8.92. The van der Waals surface area contributed by atoms with E-state index in [0.717, 1.165) is 0 Å². The molecule has 0 radical (unpaired) electrons. The van der Waals surface area contributed by atoms with Crippen LogP contribution in [0.4, 0.5) is 0 Å². The number of nitrogens with zero attached hydrogens (tertiary/aromatic N) is 2. The van der Waals surface area contributed by atoms with Crippen LogP contribution < -0.4 is 0 Å². The van der Waals surface area contributed by atoms with Crippen LogP contribution in [0.2, 0.25) is 0 Å². The highest BCUT2D eigenvalue weighted by molar-refractivity contribution is 6.18. The molecule has 1 aliphatic heterocycles. The number of aliphatic imine (C=N–C) groups is 2. The van der Waals surface area contributed by atoms with Crippen molar-refractivity contribution in [3.05, 3.63) is 35.2 Å². The lowest BCUT2D eigenvalue weighted by Crippen LogP contribution is -2.04. The predicted molar refractivity (Wildman–Crippen MR) is 53.5 cm³/mol. The van der Waals surface area contributed by atoms with E-state index in [1.807, 2.05) is 12.2 Å². The molecular weight excluding hydrogens is 180 g/mol. The fraction of sp³-hybridized carbons (Fsp3) is 0.100. The average Bonchev–Trinajstić information content (AvgIpc) is 2.39. The van der Waals surface area contributed by atoms with Gasteiger partial charge in [0.05, 0.1) is 5.70 Å². The van der Waals surface area contributed by atoms with Gasteiger partial charge in [-0.3, -0.25) is 4.99 Å². The van der Waals surface area contributed by atoms with E-state index >= 15 is 0 Å². The number of carboxylic acid groups (broad SMARTS) is 1. The zero-order valence-electron chi connectivity index (χ0n) is 7.34. The van der Waals surface area contributed by atoms with Crippen LogP contribution in [0.5, 0.6) is 0 Å². The number of aliphatic carboxylic acids is 1. The molecule has 2 rings (SSSR count). The minimum absolute atomic E-state index is 0.0816. The van der Waals surface area contributed by atoms with Gasteiger partial charge in [-0.2, -0.15) is 0 Å². The maximum absolute atomic E-state index is 10.9. The van der Waals surface area contributed by atoms with Crippen molar-refractivity contribution in [2.75, 3.05) is 0 Å². The molecule has 0 amide bonds. The predicted octanol–water partition coefficient (Wildman–Crippen LogP) is 1.32. The number of carboxylic acids is 1. The number of carbonyl (C=O) groups is 1. The molecule has 2 aliphatic rings. The molecule has 0 aromatic rings. The van der Waals surface area contributed by atoms with Gasteiger partial charge >= 0.3 is 5.97 Å². The van der Waals surface area contributed by atoms with E-state index in [-0.39, 0.29) is 5.70 Å². The highest BCUT2D eigenvalue weighted by Crippen LogP contribution is 2.25. The van der Waals surface area contributed by atoms with Crippen molar-refractivity contribution in [2.45, 2.75) is 6.42 Å². The van der Waals surface area contributed by atoms with Gasteiger partial charge < -0.3 is 5.11 Å². The molecule has 1 N–H and O–H groups in total. The Bertz CT molecular complexity index is 425. The zero-order chi connectivity index (χ0) is 9.97. The van der Waals surface area contributed by atoms with Crippen molar-refractivity contribution in [1.29, 1.82) is 0 Å². The third kappa shape index (κ3) is 1.42. The molecule has 0 saturated carbocycles. The Morgan fingerprint density at radius 3 is 2.93 bits per heavy atom. The molecule has 0 unspecified atom stereocenters. The number of allylic oxidation sites excluding steroid dienone is 4. The Kier molecular flexibility index (Phi) is 2.10. The molecule has 0 aromatic heterocycles. The second kappa shape index (κ2) is 3.41. The summed E-state index contributed by atoms with van der Waals surface area (Å²) in [5.74, 6) is -1.01. The Morgan fingerprint density at radius 1 is 1.36 bits per heavy atom. The molecule has 0 aromatic carbocycles. The third-order valence-electron chi connectivity index (χ3n) is 1.99. The van der Waals surface area contributed by atoms with E-state index in [1.165, 1.54) is 12.4 Å². The first kappa shape index (κ1) is 8.62. The first-order valence-electron chi connectivity index (χ1n) is 4.19. The lowest BCUT2D eigenvalue weighted by molar-refractivity contribution is -0.132. The SMILES string of the molecule is O=C(O)C1=C2CC=CC=C2N=CC=N1. The summed E-state index contributed by atoms with van der Waals surface area (Å²) in [7, 11) is 0. The number of fused-ring (bicyclic) bond motifs is 1. The maximum atomic E-state index is 10.9. The van der Waals surface area contributed by atoms with Crippen LogP contribution in [0.1, 0.15) is 6.42 Å². The van der Waals surface area contributed by atoms with E-state index in [9.17, 15) is 4.79 Å². The van der Waals surface area contributed by atoms with Crippen LogP contribution in [0.15, 0.2) is 45.2 Å². The monoisotopic (exact) mass is 188 g/mol. The number of hydrogen-bond acceptors (Lipinski definition) is 3. The van der Waals surface area contributed by atoms with Gasteiger partial charge in [-0.05, 0) is 12.5 Å². The summed E-state index contributed by atoms with van der Waals surface area (Å²) in [6.07, 6.45) is 9.00. The molecule has 0 fully saturated rings. The average molecular weight is 188 g/mol. The largest absolute Gasteiger partial charge is 0.477 e. The number of hydrogen-bond donors (Lipinski definition) is 1. The van der Waals surface area contributed by atoms with E-state index in [2.05, 4.69) is 9.98 Å². The van der Waals surface area contributed by atoms with Gasteiger partial charge in [-0.15, -0.1) is 0 Å². The molecule has 0 atom stereocenters. The van der Waals surface area contributed by atoms with Crippen molar-refractivity contribution in [3.8, 4) is 0 Å². The van der Waals surface area contributed by atoms with Crippen LogP contribution in [-0.4, -0.2) is 23.5 Å². The van der Waals surface area contributed by atoms with Crippen molar-refractivity contribution < 1.29 is 9.90 Å². The summed E-state index contributed by atoms with van der Waals surface area (Å²) in [6, 6.07) is 0. The van der Waals surface area contributed by atoms with Crippen molar-refractivity contribution in [1.82, 2.24) is 0 Å². The molecule has 4 heteroatoms. The van der Waals surface area contributed by atoms with Gasteiger partial charge in [-0.1, -0.05) is 12.2 Å². The summed E-state index contributed by atoms with van der Waals surface area (Å²) in [5.41, 5.74) is 1.44. The maximum Gasteiger partial charge on any atom is 0.354 e. The Labute approximate surface area is 80.7 Å². The van der Waals surface area contributed by atoms with Crippen molar-refractivity contribution in [3.63, 3.8) is 0 Å². The van der Waals surface area contributed by atoms with Crippen LogP contribution in [-0.2, 0) is 4.79 Å². The summed E-state index contributed by atoms with van der Waals surface area (Å²) in [4.78, 5) is 18.8. The van der Waals surface area contributed by atoms with Gasteiger partial charge in [0.2, 0.25) is 0 Å². The minimum atomic E-state index is -1.01. The lowest BCUT2D eigenvalue weighted by Gasteiger charge is -2.09. The molecule has 14 heavy (non-hydrogen) atoms. The van der Waals surface area contributed by atoms with Gasteiger partial charge in [0.25, 0.3) is 0 Å². The first-order valence-corrected chi connectivity index (χ1v) is 4.19. The van der Waals surface area contributed by atoms with Crippen LogP contribution in [0, 0.1) is 0 Å². The Morgan fingerprint density at radius 2 is 2.14 bits per heavy atom. The Balaban J connectivity index is 2.56. The molecule has 70 valence electrons. The number of rotatable bonds is 1. The molecule has 0 bridgehead atoms. The highest BCUT2D eigenvalue weighted by atomic mass is 16.4. The van der Waals surface area contributed by atoms with Gasteiger partial charge in [-0.25, -0.2) is 9.79 Å². The summed E-state index contributed by atoms with van der Waals surface area (Å²) >= 11 is 0. The Hall–Kier alpha value is -1.97. The normalized spacial score (nSPS) is 19.0. The van der Waals surface area contributed by atoms with Crippen LogP contribution >= 0.6 is 0 Å². The van der Waals surface area contributed by atoms with Gasteiger partial charge in [0.1, 0.15) is 0 Å². The summed E-state index contributed by atoms with van der Waals surface area (Å²) < 4.78 is 0. The second-order valence-corrected chi connectivity index (χ2v) is 2.87. The lowest BCUT2D eigenvalue weighted by atomic mass is 10.0. The standard InChI is InChI=1S/C10H8N2O2/c13-10(14)9-7-3-1-2-4-8(7)11-5-6-12-9/h1-2,4-6H,3H2,(H,13,14). The van der Waals surface area contributed by atoms with Gasteiger partial charge in [0.15, 0.2) is 5.70 Å². The zero-order valence-corrected chi connectivity index (χ0v) is 7.34.